The number of thiophene rings is 1. The zero-order valence-electron chi connectivity index (χ0n) is 9.33. The lowest BCUT2D eigenvalue weighted by molar-refractivity contribution is -0.0135. The number of nitrogens with one attached hydrogen (secondary N) is 1. The summed E-state index contributed by atoms with van der Waals surface area (Å²) in [4.78, 5) is 1.33. The Hall–Kier alpha value is -0.380. The van der Waals surface area contributed by atoms with Crippen LogP contribution in [-0.4, -0.2) is 19.3 Å². The molecule has 0 radical (unpaired) electrons. The fourth-order valence-corrected chi connectivity index (χ4v) is 1.95. The fraction of sp³-hybridized carbons (Fsp3) is 0.636. The largest absolute Gasteiger partial charge is 0.374 e. The van der Waals surface area contributed by atoms with Crippen LogP contribution >= 0.6 is 11.3 Å². The Morgan fingerprint density at radius 1 is 1.50 bits per heavy atom. The molecule has 1 atom stereocenters. The average Bonchev–Trinajstić information content (AvgIpc) is 2.56. The number of hydrogen-bond donors (Lipinski definition) is 1. The van der Waals surface area contributed by atoms with Gasteiger partial charge in [0.15, 0.2) is 0 Å². The molecule has 0 fully saturated rings. The zero-order valence-corrected chi connectivity index (χ0v) is 10.1. The smallest absolute Gasteiger partial charge is 0.0676 e. The topological polar surface area (TPSA) is 21.3 Å². The monoisotopic (exact) mass is 213 g/mol. The van der Waals surface area contributed by atoms with Gasteiger partial charge in [-0.1, -0.05) is 6.07 Å². The van der Waals surface area contributed by atoms with Crippen LogP contribution < -0.4 is 5.32 Å². The summed E-state index contributed by atoms with van der Waals surface area (Å²) in [6.45, 7) is 6.96. The summed E-state index contributed by atoms with van der Waals surface area (Å²) in [7, 11) is 1.97. The van der Waals surface area contributed by atoms with Gasteiger partial charge in [0.1, 0.15) is 0 Å². The van der Waals surface area contributed by atoms with Crippen LogP contribution in [-0.2, 0) is 4.74 Å². The van der Waals surface area contributed by atoms with Gasteiger partial charge in [-0.15, -0.1) is 11.3 Å². The molecule has 1 unspecified atom stereocenters. The summed E-state index contributed by atoms with van der Waals surface area (Å²) < 4.78 is 5.75. The van der Waals surface area contributed by atoms with Gasteiger partial charge in [0.2, 0.25) is 0 Å². The number of likely N-dealkylation sites (N-methyl/N-ethyl adjacent to an activating group) is 1. The van der Waals surface area contributed by atoms with Crippen molar-refractivity contribution in [2.75, 3.05) is 13.7 Å². The van der Waals surface area contributed by atoms with Gasteiger partial charge in [0, 0.05) is 4.88 Å². The maximum Gasteiger partial charge on any atom is 0.0676 e. The molecule has 2 nitrogen and oxygen atoms in total. The molecule has 0 saturated heterocycles. The van der Waals surface area contributed by atoms with E-state index in [4.69, 9.17) is 4.74 Å². The highest BCUT2D eigenvalue weighted by Crippen LogP contribution is 2.20. The van der Waals surface area contributed by atoms with E-state index in [1.807, 2.05) is 7.05 Å². The van der Waals surface area contributed by atoms with Crippen molar-refractivity contribution in [1.29, 1.82) is 0 Å². The molecule has 0 aromatic carbocycles. The van der Waals surface area contributed by atoms with Crippen molar-refractivity contribution in [3.63, 3.8) is 0 Å². The van der Waals surface area contributed by atoms with E-state index in [2.05, 4.69) is 43.6 Å². The Morgan fingerprint density at radius 2 is 2.21 bits per heavy atom. The van der Waals surface area contributed by atoms with Crippen LogP contribution in [0.1, 0.15) is 31.7 Å². The summed E-state index contributed by atoms with van der Waals surface area (Å²) in [5.74, 6) is 0. The van der Waals surface area contributed by atoms with Crippen molar-refractivity contribution < 1.29 is 4.74 Å². The predicted molar refractivity (Wildman–Crippen MR) is 61.8 cm³/mol. The minimum atomic E-state index is -0.0631. The summed E-state index contributed by atoms with van der Waals surface area (Å²) >= 11 is 1.76. The van der Waals surface area contributed by atoms with Crippen molar-refractivity contribution in [3.8, 4) is 0 Å². The highest BCUT2D eigenvalue weighted by atomic mass is 32.1. The third kappa shape index (κ3) is 3.78. The minimum Gasteiger partial charge on any atom is -0.374 e. The molecule has 1 heterocycles. The van der Waals surface area contributed by atoms with Crippen molar-refractivity contribution in [3.05, 3.63) is 22.4 Å². The van der Waals surface area contributed by atoms with Crippen LogP contribution in [0.4, 0.5) is 0 Å². The molecule has 3 heteroatoms. The Bertz CT molecular complexity index is 251. The molecule has 14 heavy (non-hydrogen) atoms. The molecule has 0 saturated carbocycles. The zero-order chi connectivity index (χ0) is 10.6. The molecule has 1 N–H and O–H groups in total. The standard InChI is InChI=1S/C11H19NOS/c1-11(2,3)13-8-9(12-4)10-6-5-7-14-10/h5-7,9,12H,8H2,1-4H3. The first-order chi connectivity index (χ1) is 6.53. The minimum absolute atomic E-state index is 0.0631. The number of rotatable bonds is 4. The van der Waals surface area contributed by atoms with E-state index in [0.717, 1.165) is 6.61 Å². The van der Waals surface area contributed by atoms with Crippen LogP contribution in [0.25, 0.3) is 0 Å². The first kappa shape index (κ1) is 11.7. The van der Waals surface area contributed by atoms with E-state index in [0.29, 0.717) is 6.04 Å². The maximum atomic E-state index is 5.75. The summed E-state index contributed by atoms with van der Waals surface area (Å²) in [5.41, 5.74) is -0.0631. The van der Waals surface area contributed by atoms with Gasteiger partial charge in [-0.2, -0.15) is 0 Å². The van der Waals surface area contributed by atoms with Gasteiger partial charge in [0.25, 0.3) is 0 Å². The predicted octanol–water partition coefficient (Wildman–Crippen LogP) is 2.82. The van der Waals surface area contributed by atoms with Crippen LogP contribution in [0.3, 0.4) is 0 Å². The van der Waals surface area contributed by atoms with Gasteiger partial charge >= 0.3 is 0 Å². The molecular weight excluding hydrogens is 194 g/mol. The molecule has 0 amide bonds. The van der Waals surface area contributed by atoms with Crippen molar-refractivity contribution in [1.82, 2.24) is 5.32 Å². The van der Waals surface area contributed by atoms with Crippen LogP contribution in [0.15, 0.2) is 17.5 Å². The van der Waals surface area contributed by atoms with Crippen LogP contribution in [0, 0.1) is 0 Å². The lowest BCUT2D eigenvalue weighted by atomic mass is 10.2. The quantitative estimate of drug-likeness (QED) is 0.830. The van der Waals surface area contributed by atoms with E-state index in [9.17, 15) is 0 Å². The average molecular weight is 213 g/mol. The molecule has 0 bridgehead atoms. The van der Waals surface area contributed by atoms with Crippen molar-refractivity contribution in [2.24, 2.45) is 0 Å². The van der Waals surface area contributed by atoms with E-state index in [1.165, 1.54) is 4.88 Å². The molecule has 0 aliphatic rings. The summed E-state index contributed by atoms with van der Waals surface area (Å²) in [6, 6.07) is 4.52. The summed E-state index contributed by atoms with van der Waals surface area (Å²) in [6.07, 6.45) is 0. The number of hydrogen-bond acceptors (Lipinski definition) is 3. The third-order valence-electron chi connectivity index (χ3n) is 1.92. The molecule has 80 valence electrons. The molecule has 1 aromatic rings. The second kappa shape index (κ2) is 4.91. The Kier molecular flexibility index (Phi) is 4.11. The lowest BCUT2D eigenvalue weighted by Crippen LogP contribution is -2.27. The van der Waals surface area contributed by atoms with Crippen molar-refractivity contribution >= 4 is 11.3 Å². The van der Waals surface area contributed by atoms with Gasteiger partial charge < -0.3 is 10.1 Å². The first-order valence-corrected chi connectivity index (χ1v) is 5.75. The molecule has 0 aliphatic heterocycles. The molecule has 1 rings (SSSR count). The normalized spacial score (nSPS) is 14.3. The van der Waals surface area contributed by atoms with Gasteiger partial charge in [-0.05, 0) is 39.3 Å². The third-order valence-corrected chi connectivity index (χ3v) is 2.90. The SMILES string of the molecule is CNC(COC(C)(C)C)c1cccs1. The highest BCUT2D eigenvalue weighted by molar-refractivity contribution is 7.10. The van der Waals surface area contributed by atoms with E-state index in [1.54, 1.807) is 11.3 Å². The van der Waals surface area contributed by atoms with Crippen molar-refractivity contribution in [2.45, 2.75) is 32.4 Å². The Labute approximate surface area is 90.3 Å². The Morgan fingerprint density at radius 3 is 2.64 bits per heavy atom. The van der Waals surface area contributed by atoms with Gasteiger partial charge in [-0.3, -0.25) is 0 Å². The molecule has 0 spiro atoms. The second-order valence-corrected chi connectivity index (χ2v) is 5.26. The van der Waals surface area contributed by atoms with Gasteiger partial charge in [-0.25, -0.2) is 0 Å². The molecular formula is C11H19NOS. The summed E-state index contributed by atoms with van der Waals surface area (Å²) in [5, 5.41) is 5.36. The second-order valence-electron chi connectivity index (χ2n) is 4.28. The van der Waals surface area contributed by atoms with E-state index >= 15 is 0 Å². The number of ether oxygens (including phenoxy) is 1. The van der Waals surface area contributed by atoms with Crippen LogP contribution in [0.2, 0.25) is 0 Å². The van der Waals surface area contributed by atoms with E-state index in [-0.39, 0.29) is 5.60 Å². The van der Waals surface area contributed by atoms with Crippen LogP contribution in [0.5, 0.6) is 0 Å². The lowest BCUT2D eigenvalue weighted by Gasteiger charge is -2.23. The maximum absolute atomic E-state index is 5.75. The molecule has 0 aliphatic carbocycles. The Balaban J connectivity index is 2.49. The molecule has 1 aromatic heterocycles. The fourth-order valence-electron chi connectivity index (χ4n) is 1.13. The van der Waals surface area contributed by atoms with Gasteiger partial charge in [0.05, 0.1) is 18.2 Å². The van der Waals surface area contributed by atoms with E-state index < -0.39 is 0 Å². The first-order valence-electron chi connectivity index (χ1n) is 4.87. The highest BCUT2D eigenvalue weighted by Gasteiger charge is 2.15.